The molecule has 2 fully saturated rings. The third kappa shape index (κ3) is 5.17. The zero-order valence-electron chi connectivity index (χ0n) is 15.8. The van der Waals surface area contributed by atoms with Crippen molar-refractivity contribution in [3.05, 3.63) is 0 Å². The van der Waals surface area contributed by atoms with Crippen molar-refractivity contribution in [3.63, 3.8) is 0 Å². The van der Waals surface area contributed by atoms with Crippen molar-refractivity contribution in [1.82, 2.24) is 10.6 Å². The van der Waals surface area contributed by atoms with Crippen LogP contribution < -0.4 is 16.4 Å². The molecule has 0 aliphatic heterocycles. The molecule has 2 rings (SSSR count). The molecule has 8 nitrogen and oxygen atoms in total. The fraction of sp³-hybridized carbons (Fsp3) is 0.778. The number of amides is 3. The SMILES string of the molecule is CC(C)OC(=O)NC(CC1(F)CCCC1)C(=O)NC1(C(=O)C(N)=O)CCC1. The van der Waals surface area contributed by atoms with Gasteiger partial charge in [0.15, 0.2) is 0 Å². The molecule has 152 valence electrons. The highest BCUT2D eigenvalue weighted by Crippen LogP contribution is 2.38. The number of nitrogens with one attached hydrogen (secondary N) is 2. The van der Waals surface area contributed by atoms with Crippen molar-refractivity contribution in [2.45, 2.75) is 88.6 Å². The second-order valence-electron chi connectivity index (χ2n) is 7.83. The molecule has 0 bridgehead atoms. The van der Waals surface area contributed by atoms with Crippen molar-refractivity contribution in [2.24, 2.45) is 5.73 Å². The van der Waals surface area contributed by atoms with E-state index in [9.17, 15) is 23.6 Å². The van der Waals surface area contributed by atoms with Crippen LogP contribution in [-0.4, -0.2) is 47.0 Å². The first kappa shape index (κ1) is 21.1. The average Bonchev–Trinajstić information content (AvgIpc) is 2.95. The van der Waals surface area contributed by atoms with Crippen molar-refractivity contribution >= 4 is 23.7 Å². The Bertz CT molecular complexity index is 612. The van der Waals surface area contributed by atoms with E-state index in [2.05, 4.69) is 10.6 Å². The molecule has 0 aromatic carbocycles. The minimum Gasteiger partial charge on any atom is -0.447 e. The minimum absolute atomic E-state index is 0.215. The topological polar surface area (TPSA) is 128 Å². The molecule has 27 heavy (non-hydrogen) atoms. The van der Waals surface area contributed by atoms with Crippen LogP contribution in [0.25, 0.3) is 0 Å². The number of ether oxygens (including phenoxy) is 1. The van der Waals surface area contributed by atoms with Gasteiger partial charge in [-0.25, -0.2) is 9.18 Å². The molecule has 0 heterocycles. The number of hydrogen-bond donors (Lipinski definition) is 3. The molecule has 2 aliphatic carbocycles. The molecule has 0 saturated heterocycles. The largest absolute Gasteiger partial charge is 0.447 e. The monoisotopic (exact) mass is 385 g/mol. The maximum absolute atomic E-state index is 14.9. The van der Waals surface area contributed by atoms with Crippen LogP contribution in [0.15, 0.2) is 0 Å². The van der Waals surface area contributed by atoms with Crippen molar-refractivity contribution in [1.29, 1.82) is 0 Å². The number of nitrogens with two attached hydrogens (primary N) is 1. The van der Waals surface area contributed by atoms with E-state index >= 15 is 0 Å². The Hall–Kier alpha value is -2.19. The zero-order chi connectivity index (χ0) is 20.2. The molecular formula is C18H28FN3O5. The Labute approximate surface area is 157 Å². The third-order valence-electron chi connectivity index (χ3n) is 5.25. The summed E-state index contributed by atoms with van der Waals surface area (Å²) in [4.78, 5) is 48.1. The van der Waals surface area contributed by atoms with Gasteiger partial charge in [0.1, 0.15) is 17.2 Å². The average molecular weight is 385 g/mol. The number of carbonyl (C=O) groups is 4. The standard InChI is InChI=1S/C18H28FN3O5/c1-11(2)27-16(26)21-12(10-17(19)6-3-4-7-17)15(25)22-18(8-5-9-18)13(23)14(20)24/h11-12H,3-10H2,1-2H3,(H2,20,24)(H,21,26)(H,22,25). The highest BCUT2D eigenvalue weighted by molar-refractivity contribution is 6.39. The normalized spacial score (nSPS) is 21.0. The second kappa shape index (κ2) is 8.22. The molecule has 0 aromatic rings. The first-order chi connectivity index (χ1) is 12.6. The maximum atomic E-state index is 14.9. The lowest BCUT2D eigenvalue weighted by molar-refractivity contribution is -0.145. The molecular weight excluding hydrogens is 357 g/mol. The Morgan fingerprint density at radius 1 is 1.07 bits per heavy atom. The van der Waals surface area contributed by atoms with Crippen LogP contribution >= 0.6 is 0 Å². The number of primary amides is 1. The lowest BCUT2D eigenvalue weighted by atomic mass is 9.73. The lowest BCUT2D eigenvalue weighted by Gasteiger charge is -2.41. The van der Waals surface area contributed by atoms with E-state index in [1.165, 1.54) is 0 Å². The molecule has 0 radical (unpaired) electrons. The Morgan fingerprint density at radius 3 is 2.11 bits per heavy atom. The Kier molecular flexibility index (Phi) is 6.43. The molecule has 0 aromatic heterocycles. The van der Waals surface area contributed by atoms with Gasteiger partial charge >= 0.3 is 6.09 Å². The van der Waals surface area contributed by atoms with E-state index in [-0.39, 0.29) is 19.3 Å². The summed E-state index contributed by atoms with van der Waals surface area (Å²) < 4.78 is 19.9. The molecule has 0 spiro atoms. The van der Waals surface area contributed by atoms with Crippen molar-refractivity contribution in [3.8, 4) is 0 Å². The number of Topliss-reactive ketones (excluding diaryl/α,β-unsaturated/α-hetero) is 1. The van der Waals surface area contributed by atoms with Crippen LogP contribution in [0.3, 0.4) is 0 Å². The summed E-state index contributed by atoms with van der Waals surface area (Å²) >= 11 is 0. The number of rotatable bonds is 8. The third-order valence-corrected chi connectivity index (χ3v) is 5.25. The van der Waals surface area contributed by atoms with Crippen molar-refractivity contribution < 1.29 is 28.3 Å². The molecule has 4 N–H and O–H groups in total. The minimum atomic E-state index is -1.56. The molecule has 2 saturated carbocycles. The van der Waals surface area contributed by atoms with Gasteiger partial charge < -0.3 is 21.1 Å². The number of carbonyl (C=O) groups excluding carboxylic acids is 4. The Morgan fingerprint density at radius 2 is 1.67 bits per heavy atom. The van der Waals surface area contributed by atoms with Crippen LogP contribution in [-0.2, 0) is 19.1 Å². The summed E-state index contributed by atoms with van der Waals surface area (Å²) in [5, 5.41) is 4.93. The number of ketones is 1. The smallest absolute Gasteiger partial charge is 0.408 e. The summed E-state index contributed by atoms with van der Waals surface area (Å²) in [7, 11) is 0. The van der Waals surface area contributed by atoms with Gasteiger partial charge in [-0.1, -0.05) is 12.8 Å². The summed E-state index contributed by atoms with van der Waals surface area (Å²) in [6.07, 6.45) is 1.80. The van der Waals surface area contributed by atoms with Gasteiger partial charge in [-0.3, -0.25) is 14.4 Å². The van der Waals surface area contributed by atoms with E-state index in [0.717, 1.165) is 0 Å². The number of halogens is 1. The predicted octanol–water partition coefficient (Wildman–Crippen LogP) is 1.26. The zero-order valence-corrected chi connectivity index (χ0v) is 15.8. The van der Waals surface area contributed by atoms with Gasteiger partial charge in [-0.15, -0.1) is 0 Å². The van der Waals surface area contributed by atoms with Gasteiger partial charge in [-0.2, -0.15) is 0 Å². The lowest BCUT2D eigenvalue weighted by Crippen LogP contribution is -2.65. The maximum Gasteiger partial charge on any atom is 0.408 e. The number of alkyl halides is 1. The van der Waals surface area contributed by atoms with Crippen LogP contribution in [0.2, 0.25) is 0 Å². The highest BCUT2D eigenvalue weighted by atomic mass is 19.1. The van der Waals surface area contributed by atoms with Crippen LogP contribution in [0.4, 0.5) is 9.18 Å². The van der Waals surface area contributed by atoms with Gasteiger partial charge in [0.25, 0.3) is 5.91 Å². The highest BCUT2D eigenvalue weighted by Gasteiger charge is 2.49. The van der Waals surface area contributed by atoms with Crippen LogP contribution in [0.5, 0.6) is 0 Å². The first-order valence-electron chi connectivity index (χ1n) is 9.39. The molecule has 2 aliphatic rings. The van der Waals surface area contributed by atoms with Crippen LogP contribution in [0.1, 0.15) is 65.2 Å². The fourth-order valence-corrected chi connectivity index (χ4v) is 3.68. The van der Waals surface area contributed by atoms with E-state index in [1.807, 2.05) is 0 Å². The summed E-state index contributed by atoms with van der Waals surface area (Å²) in [5.41, 5.74) is 2.16. The van der Waals surface area contributed by atoms with E-state index in [1.54, 1.807) is 13.8 Å². The first-order valence-corrected chi connectivity index (χ1v) is 9.39. The van der Waals surface area contributed by atoms with E-state index < -0.39 is 47.0 Å². The van der Waals surface area contributed by atoms with E-state index in [0.29, 0.717) is 32.1 Å². The number of hydrogen-bond acceptors (Lipinski definition) is 5. The summed E-state index contributed by atoms with van der Waals surface area (Å²) in [6.45, 7) is 3.30. The van der Waals surface area contributed by atoms with Gasteiger partial charge in [0.05, 0.1) is 6.10 Å². The molecule has 3 amide bonds. The van der Waals surface area contributed by atoms with Gasteiger partial charge in [0.2, 0.25) is 11.7 Å². The number of alkyl carbamates (subject to hydrolysis) is 1. The molecule has 1 atom stereocenters. The van der Waals surface area contributed by atoms with E-state index in [4.69, 9.17) is 10.5 Å². The van der Waals surface area contributed by atoms with Crippen molar-refractivity contribution in [2.75, 3.05) is 0 Å². The Balaban J connectivity index is 2.13. The second-order valence-corrected chi connectivity index (χ2v) is 7.83. The summed E-state index contributed by atoms with van der Waals surface area (Å²) in [6, 6.07) is -1.21. The molecule has 9 heteroatoms. The van der Waals surface area contributed by atoms with Gasteiger partial charge in [-0.05, 0) is 46.0 Å². The fourth-order valence-electron chi connectivity index (χ4n) is 3.68. The van der Waals surface area contributed by atoms with Crippen LogP contribution in [0, 0.1) is 0 Å². The van der Waals surface area contributed by atoms with Gasteiger partial charge in [0, 0.05) is 6.42 Å². The molecule has 1 unspecified atom stereocenters. The quantitative estimate of drug-likeness (QED) is 0.542. The predicted molar refractivity (Wildman–Crippen MR) is 94.4 cm³/mol. The summed E-state index contributed by atoms with van der Waals surface area (Å²) in [5.74, 6) is -2.72.